The molecule has 0 saturated heterocycles. The van der Waals surface area contributed by atoms with Gasteiger partial charge in [0.15, 0.2) is 0 Å². The summed E-state index contributed by atoms with van der Waals surface area (Å²) < 4.78 is 24.9. The molecular formula is C35H38N4O7. The Morgan fingerprint density at radius 2 is 0.870 bits per heavy atom. The van der Waals surface area contributed by atoms with Gasteiger partial charge >= 0.3 is 12.2 Å². The minimum absolute atomic E-state index is 0. The number of hydrogen-bond donors (Lipinski definition) is 4. The van der Waals surface area contributed by atoms with Crippen LogP contribution in [0.25, 0.3) is 0 Å². The number of hydrogen-bond acceptors (Lipinski definition) is 10. The van der Waals surface area contributed by atoms with E-state index in [1.807, 2.05) is 42.5 Å². The monoisotopic (exact) mass is 626 g/mol. The maximum absolute atomic E-state index is 11.5. The molecule has 11 heteroatoms. The molecule has 0 aliphatic heterocycles. The number of amides is 1. The second-order valence-electron chi connectivity index (χ2n) is 8.63. The molecule has 5 aromatic rings. The highest BCUT2D eigenvalue weighted by atomic mass is 16.7. The number of rotatable bonds is 8. The summed E-state index contributed by atoms with van der Waals surface area (Å²) in [6.07, 6.45) is -1.32. The summed E-state index contributed by atoms with van der Waals surface area (Å²) in [4.78, 5) is 22.8. The lowest BCUT2D eigenvalue weighted by molar-refractivity contribution is 0.152. The lowest BCUT2D eigenvalue weighted by Crippen LogP contribution is -2.32. The quantitative estimate of drug-likeness (QED) is 0.0586. The number of hydrazine groups is 2. The number of carbonyl (C=O) groups excluding carboxylic acids is 2. The summed E-state index contributed by atoms with van der Waals surface area (Å²) in [6, 6.07) is 40.9. The third kappa shape index (κ3) is 13.8. The molecule has 0 spiro atoms. The molecule has 0 bridgehead atoms. The van der Waals surface area contributed by atoms with Crippen molar-refractivity contribution in [3.63, 3.8) is 0 Å². The first kappa shape index (κ1) is 36.0. The van der Waals surface area contributed by atoms with E-state index < -0.39 is 12.2 Å². The number of anilines is 2. The number of nitrogen functional groups attached to an aromatic ring is 1. The fourth-order valence-corrected chi connectivity index (χ4v) is 3.30. The van der Waals surface area contributed by atoms with E-state index in [-0.39, 0.29) is 7.43 Å². The van der Waals surface area contributed by atoms with Gasteiger partial charge < -0.3 is 29.1 Å². The van der Waals surface area contributed by atoms with Gasteiger partial charge in [-0.2, -0.15) is 0 Å². The van der Waals surface area contributed by atoms with Crippen molar-refractivity contribution < 1.29 is 33.3 Å². The van der Waals surface area contributed by atoms with Gasteiger partial charge in [-0.1, -0.05) is 62.0 Å². The molecule has 46 heavy (non-hydrogen) atoms. The van der Waals surface area contributed by atoms with E-state index in [9.17, 15) is 9.59 Å². The van der Waals surface area contributed by atoms with Crippen molar-refractivity contribution in [1.82, 2.24) is 5.43 Å². The Balaban J connectivity index is 0.000000248. The highest BCUT2D eigenvalue weighted by molar-refractivity contribution is 5.72. The summed E-state index contributed by atoms with van der Waals surface area (Å²) in [7, 11) is 3.22. The highest BCUT2D eigenvalue weighted by Crippen LogP contribution is 2.15. The number of nitrogens with two attached hydrogens (primary N) is 1. The molecular weight excluding hydrogens is 588 g/mol. The van der Waals surface area contributed by atoms with E-state index in [4.69, 9.17) is 29.5 Å². The Bertz CT molecular complexity index is 1470. The lowest BCUT2D eigenvalue weighted by Gasteiger charge is -2.09. The van der Waals surface area contributed by atoms with E-state index in [0.717, 1.165) is 22.9 Å². The SMILES string of the molecule is C.COc1ccc(NN)cc1.COc1ccc(NNC(=O)Oc2ccccc2)cc1.O=C(Oc1ccccc1)Oc1ccccc1. The number of ether oxygens (including phenoxy) is 5. The van der Waals surface area contributed by atoms with Crippen molar-refractivity contribution in [2.24, 2.45) is 5.84 Å². The summed E-state index contributed by atoms with van der Waals surface area (Å²) in [5.74, 6) is 8.14. The summed E-state index contributed by atoms with van der Waals surface area (Å²) in [5, 5.41) is 0. The van der Waals surface area contributed by atoms with Gasteiger partial charge in [-0.05, 0) is 84.9 Å². The molecule has 0 heterocycles. The van der Waals surface area contributed by atoms with E-state index >= 15 is 0 Å². The van der Waals surface area contributed by atoms with Crippen LogP contribution in [-0.2, 0) is 0 Å². The van der Waals surface area contributed by atoms with Gasteiger partial charge in [0, 0.05) is 5.69 Å². The average Bonchev–Trinajstić information content (AvgIpc) is 3.09. The van der Waals surface area contributed by atoms with Crippen molar-refractivity contribution in [2.45, 2.75) is 7.43 Å². The van der Waals surface area contributed by atoms with Crippen LogP contribution in [0, 0.1) is 0 Å². The standard InChI is InChI=1S/C14H14N2O3.C13H10O3.C7H10N2O.CH4/c1-18-12-9-7-11(8-10-12)15-16-14(17)19-13-5-3-2-4-6-13;14-13(15-11-7-3-1-4-8-11)16-12-9-5-2-6-10-12;1-10-7-4-2-6(9-8)3-5-7;/h2-10,15H,1H3,(H,16,17);1-10H;2-5,9H,8H2,1H3;1H4. The maximum atomic E-state index is 11.5. The zero-order chi connectivity index (χ0) is 32.1. The van der Waals surface area contributed by atoms with Gasteiger partial charge in [-0.25, -0.2) is 15.0 Å². The number of para-hydroxylation sites is 3. The first-order valence-corrected chi connectivity index (χ1v) is 13.5. The first-order chi connectivity index (χ1) is 22.0. The van der Waals surface area contributed by atoms with Crippen LogP contribution in [0.15, 0.2) is 140 Å². The van der Waals surface area contributed by atoms with Crippen LogP contribution < -0.4 is 45.8 Å². The van der Waals surface area contributed by atoms with E-state index in [2.05, 4.69) is 16.3 Å². The predicted octanol–water partition coefficient (Wildman–Crippen LogP) is 7.69. The molecule has 1 amide bonds. The zero-order valence-corrected chi connectivity index (χ0v) is 24.7. The van der Waals surface area contributed by atoms with Crippen LogP contribution in [0.2, 0.25) is 0 Å². The van der Waals surface area contributed by atoms with Gasteiger partial charge in [0.05, 0.1) is 19.9 Å². The van der Waals surface area contributed by atoms with Crippen LogP contribution in [-0.4, -0.2) is 26.5 Å². The Labute approximate surface area is 268 Å². The second-order valence-corrected chi connectivity index (χ2v) is 8.63. The number of methoxy groups -OCH3 is 2. The number of carbonyl (C=O) groups is 2. The van der Waals surface area contributed by atoms with Gasteiger partial charge in [0.2, 0.25) is 0 Å². The van der Waals surface area contributed by atoms with Crippen molar-refractivity contribution in [2.75, 3.05) is 25.1 Å². The number of nitrogens with one attached hydrogen (secondary N) is 3. The smallest absolute Gasteiger partial charge is 0.497 e. The maximum Gasteiger partial charge on any atom is 0.519 e. The van der Waals surface area contributed by atoms with E-state index in [0.29, 0.717) is 17.2 Å². The van der Waals surface area contributed by atoms with Crippen LogP contribution in [0.4, 0.5) is 21.0 Å². The Kier molecular flexibility index (Phi) is 16.2. The largest absolute Gasteiger partial charge is 0.519 e. The first-order valence-electron chi connectivity index (χ1n) is 13.5. The Morgan fingerprint density at radius 3 is 1.24 bits per heavy atom. The minimum atomic E-state index is -0.739. The molecule has 0 aliphatic rings. The Morgan fingerprint density at radius 1 is 0.500 bits per heavy atom. The highest BCUT2D eigenvalue weighted by Gasteiger charge is 2.06. The Hall–Kier alpha value is -6.20. The summed E-state index contributed by atoms with van der Waals surface area (Å²) in [5.41, 5.74) is 9.29. The molecule has 0 atom stereocenters. The van der Waals surface area contributed by atoms with Crippen LogP contribution in [0.3, 0.4) is 0 Å². The van der Waals surface area contributed by atoms with Gasteiger partial charge in [0.25, 0.3) is 0 Å². The van der Waals surface area contributed by atoms with Crippen molar-refractivity contribution in [1.29, 1.82) is 0 Å². The van der Waals surface area contributed by atoms with Gasteiger partial charge in [-0.15, -0.1) is 0 Å². The molecule has 0 fully saturated rings. The number of benzene rings is 5. The van der Waals surface area contributed by atoms with E-state index in [1.54, 1.807) is 111 Å². The van der Waals surface area contributed by atoms with Crippen LogP contribution >= 0.6 is 0 Å². The normalized spacial score (nSPS) is 9.20. The average molecular weight is 627 g/mol. The topological polar surface area (TPSA) is 142 Å². The summed E-state index contributed by atoms with van der Waals surface area (Å²) in [6.45, 7) is 0. The second kappa shape index (κ2) is 20.7. The van der Waals surface area contributed by atoms with Crippen molar-refractivity contribution in [3.8, 4) is 28.7 Å². The van der Waals surface area contributed by atoms with E-state index in [1.165, 1.54) is 0 Å². The van der Waals surface area contributed by atoms with Crippen molar-refractivity contribution >= 4 is 23.6 Å². The zero-order valence-electron chi connectivity index (χ0n) is 24.7. The molecule has 0 aliphatic carbocycles. The molecule has 0 aromatic heterocycles. The molecule has 5 N–H and O–H groups in total. The predicted molar refractivity (Wildman–Crippen MR) is 179 cm³/mol. The fraction of sp³-hybridized carbons (Fsp3) is 0.0857. The molecule has 0 radical (unpaired) electrons. The summed E-state index contributed by atoms with van der Waals surface area (Å²) >= 11 is 0. The fourth-order valence-electron chi connectivity index (χ4n) is 3.30. The molecule has 5 rings (SSSR count). The third-order valence-electron chi connectivity index (χ3n) is 5.50. The third-order valence-corrected chi connectivity index (χ3v) is 5.50. The molecule has 5 aromatic carbocycles. The molecule has 240 valence electrons. The lowest BCUT2D eigenvalue weighted by atomic mass is 10.3. The molecule has 0 unspecified atom stereocenters. The molecule has 11 nitrogen and oxygen atoms in total. The van der Waals surface area contributed by atoms with Crippen LogP contribution in [0.1, 0.15) is 7.43 Å². The van der Waals surface area contributed by atoms with Gasteiger partial charge in [-0.3, -0.25) is 11.3 Å². The van der Waals surface area contributed by atoms with Crippen molar-refractivity contribution in [3.05, 3.63) is 140 Å². The molecule has 0 saturated carbocycles. The van der Waals surface area contributed by atoms with Crippen LogP contribution in [0.5, 0.6) is 28.7 Å². The minimum Gasteiger partial charge on any atom is -0.497 e. The van der Waals surface area contributed by atoms with Gasteiger partial charge in [0.1, 0.15) is 28.7 Å².